The summed E-state index contributed by atoms with van der Waals surface area (Å²) in [5.74, 6) is 1.84. The number of benzene rings is 1. The monoisotopic (exact) mass is 393 g/mol. The maximum Gasteiger partial charge on any atom is 0.223 e. The number of carbonyl (C=O) groups is 1. The zero-order chi connectivity index (χ0) is 20.2. The van der Waals surface area contributed by atoms with Crippen molar-refractivity contribution < 1.29 is 9.53 Å². The van der Waals surface area contributed by atoms with E-state index in [-0.39, 0.29) is 17.9 Å². The molecule has 2 aromatic rings. The van der Waals surface area contributed by atoms with Crippen molar-refractivity contribution in [2.75, 3.05) is 20.2 Å². The van der Waals surface area contributed by atoms with Crippen molar-refractivity contribution in [2.24, 2.45) is 11.8 Å². The van der Waals surface area contributed by atoms with E-state index < -0.39 is 0 Å². The number of ether oxygens (including phenoxy) is 1. The van der Waals surface area contributed by atoms with E-state index in [0.717, 1.165) is 56.8 Å². The van der Waals surface area contributed by atoms with Crippen LogP contribution in [-0.4, -0.2) is 36.0 Å². The van der Waals surface area contributed by atoms with Crippen LogP contribution >= 0.6 is 0 Å². The minimum absolute atomic E-state index is 0.0138. The largest absolute Gasteiger partial charge is 0.496 e. The summed E-state index contributed by atoms with van der Waals surface area (Å²) >= 11 is 0. The number of pyridine rings is 1. The van der Waals surface area contributed by atoms with E-state index in [2.05, 4.69) is 40.3 Å². The fourth-order valence-electron chi connectivity index (χ4n) is 4.42. The second-order valence-electron chi connectivity index (χ2n) is 8.40. The SMILES string of the molecule is COc1c(C)cccc1CN1CCC(C(NC(=O)C2CC2)c2ccccn2)CC1. The highest BCUT2D eigenvalue weighted by Gasteiger charge is 2.35. The van der Waals surface area contributed by atoms with Crippen LogP contribution in [0.2, 0.25) is 0 Å². The Morgan fingerprint density at radius 3 is 2.62 bits per heavy atom. The predicted octanol–water partition coefficient (Wildman–Crippen LogP) is 3.88. The fraction of sp³-hybridized carbons (Fsp3) is 0.500. The van der Waals surface area contributed by atoms with Crippen molar-refractivity contribution in [3.05, 3.63) is 59.4 Å². The van der Waals surface area contributed by atoms with Crippen LogP contribution in [0.1, 0.15) is 48.5 Å². The van der Waals surface area contributed by atoms with Crippen molar-refractivity contribution >= 4 is 5.91 Å². The normalized spacial score (nSPS) is 19.0. The molecule has 5 heteroatoms. The van der Waals surface area contributed by atoms with E-state index in [9.17, 15) is 4.79 Å². The Morgan fingerprint density at radius 2 is 1.97 bits per heavy atom. The molecule has 1 aromatic heterocycles. The first-order chi connectivity index (χ1) is 14.2. The summed E-state index contributed by atoms with van der Waals surface area (Å²) in [6.45, 7) is 5.03. The molecule has 1 aliphatic heterocycles. The van der Waals surface area contributed by atoms with Gasteiger partial charge in [0.25, 0.3) is 0 Å². The highest BCUT2D eigenvalue weighted by atomic mass is 16.5. The maximum atomic E-state index is 12.5. The van der Waals surface area contributed by atoms with Gasteiger partial charge in [-0.05, 0) is 69.3 Å². The Morgan fingerprint density at radius 1 is 1.17 bits per heavy atom. The van der Waals surface area contributed by atoms with E-state index in [1.165, 1.54) is 11.1 Å². The average Bonchev–Trinajstić information content (AvgIpc) is 3.59. The number of para-hydroxylation sites is 1. The Hall–Kier alpha value is -2.40. The molecule has 1 aromatic carbocycles. The Balaban J connectivity index is 1.41. The van der Waals surface area contributed by atoms with Gasteiger partial charge in [-0.15, -0.1) is 0 Å². The molecule has 2 heterocycles. The summed E-state index contributed by atoms with van der Waals surface area (Å²) in [4.78, 5) is 19.5. The van der Waals surface area contributed by atoms with Crippen LogP contribution in [0.15, 0.2) is 42.6 Å². The number of methoxy groups -OCH3 is 1. The third-order valence-electron chi connectivity index (χ3n) is 6.25. The Kier molecular flexibility index (Phi) is 6.14. The van der Waals surface area contributed by atoms with Gasteiger partial charge in [-0.25, -0.2) is 0 Å². The third-order valence-corrected chi connectivity index (χ3v) is 6.25. The third kappa shape index (κ3) is 4.78. The smallest absolute Gasteiger partial charge is 0.223 e. The molecule has 0 radical (unpaired) electrons. The van der Waals surface area contributed by atoms with Gasteiger partial charge in [0.05, 0.1) is 18.8 Å². The molecule has 2 fully saturated rings. The van der Waals surface area contributed by atoms with Gasteiger partial charge < -0.3 is 10.1 Å². The molecule has 4 rings (SSSR count). The van der Waals surface area contributed by atoms with Crippen molar-refractivity contribution in [1.29, 1.82) is 0 Å². The Labute approximate surface area is 173 Å². The van der Waals surface area contributed by atoms with Crippen LogP contribution in [0.25, 0.3) is 0 Å². The van der Waals surface area contributed by atoms with E-state index in [4.69, 9.17) is 4.74 Å². The molecule has 154 valence electrons. The van der Waals surface area contributed by atoms with Crippen LogP contribution in [0.3, 0.4) is 0 Å². The van der Waals surface area contributed by atoms with Crippen LogP contribution < -0.4 is 10.1 Å². The summed E-state index contributed by atoms with van der Waals surface area (Å²) in [6, 6.07) is 12.4. The van der Waals surface area contributed by atoms with Crippen molar-refractivity contribution in [1.82, 2.24) is 15.2 Å². The van der Waals surface area contributed by atoms with E-state index in [1.807, 2.05) is 24.4 Å². The van der Waals surface area contributed by atoms with Gasteiger partial charge in [0.15, 0.2) is 0 Å². The maximum absolute atomic E-state index is 12.5. The molecule has 1 saturated heterocycles. The van der Waals surface area contributed by atoms with Gasteiger partial charge in [-0.3, -0.25) is 14.7 Å². The zero-order valence-corrected chi connectivity index (χ0v) is 17.4. The first-order valence-corrected chi connectivity index (χ1v) is 10.7. The molecule has 1 saturated carbocycles. The minimum Gasteiger partial charge on any atom is -0.496 e. The molecule has 5 nitrogen and oxygen atoms in total. The van der Waals surface area contributed by atoms with Gasteiger partial charge in [-0.2, -0.15) is 0 Å². The van der Waals surface area contributed by atoms with Crippen molar-refractivity contribution in [3.8, 4) is 5.75 Å². The van der Waals surface area contributed by atoms with Crippen LogP contribution in [0.4, 0.5) is 0 Å². The highest BCUT2D eigenvalue weighted by molar-refractivity contribution is 5.81. The number of aryl methyl sites for hydroxylation is 1. The first kappa shape index (κ1) is 19.9. The lowest BCUT2D eigenvalue weighted by Crippen LogP contribution is -2.41. The number of carbonyl (C=O) groups excluding carboxylic acids is 1. The van der Waals surface area contributed by atoms with Crippen molar-refractivity contribution in [2.45, 2.75) is 45.2 Å². The number of amides is 1. The predicted molar refractivity (Wildman–Crippen MR) is 114 cm³/mol. The topological polar surface area (TPSA) is 54.5 Å². The zero-order valence-electron chi connectivity index (χ0n) is 17.4. The molecular weight excluding hydrogens is 362 g/mol. The van der Waals surface area contributed by atoms with Gasteiger partial charge in [0.1, 0.15) is 5.75 Å². The lowest BCUT2D eigenvalue weighted by molar-refractivity contribution is -0.123. The summed E-state index contributed by atoms with van der Waals surface area (Å²) in [6.07, 6.45) is 5.99. The minimum atomic E-state index is 0.0138. The summed E-state index contributed by atoms with van der Waals surface area (Å²) in [5.41, 5.74) is 3.41. The molecule has 29 heavy (non-hydrogen) atoms. The van der Waals surface area contributed by atoms with E-state index >= 15 is 0 Å². The number of nitrogens with zero attached hydrogens (tertiary/aromatic N) is 2. The van der Waals surface area contributed by atoms with Crippen molar-refractivity contribution in [3.63, 3.8) is 0 Å². The Bertz CT molecular complexity index is 827. The van der Waals surface area contributed by atoms with Crippen LogP contribution in [0.5, 0.6) is 5.75 Å². The quantitative estimate of drug-likeness (QED) is 0.776. The second kappa shape index (κ2) is 8.95. The van der Waals surface area contributed by atoms with Gasteiger partial charge in [-0.1, -0.05) is 24.3 Å². The number of piperidine rings is 1. The van der Waals surface area contributed by atoms with Crippen LogP contribution in [-0.2, 0) is 11.3 Å². The standard InChI is InChI=1S/C24H31N3O2/c1-17-6-5-7-20(23(17)29-2)16-27-14-11-18(12-15-27)22(21-8-3-4-13-25-21)26-24(28)19-9-10-19/h3-8,13,18-19,22H,9-12,14-16H2,1-2H3,(H,26,28). The molecular formula is C24H31N3O2. The highest BCUT2D eigenvalue weighted by Crippen LogP contribution is 2.34. The van der Waals surface area contributed by atoms with E-state index in [0.29, 0.717) is 5.92 Å². The number of hydrogen-bond donors (Lipinski definition) is 1. The molecule has 0 bridgehead atoms. The summed E-state index contributed by atoms with van der Waals surface area (Å²) in [5, 5.41) is 3.32. The lowest BCUT2D eigenvalue weighted by atomic mass is 9.87. The number of hydrogen-bond acceptors (Lipinski definition) is 4. The molecule has 1 aliphatic carbocycles. The summed E-state index contributed by atoms with van der Waals surface area (Å²) in [7, 11) is 1.75. The average molecular weight is 394 g/mol. The second-order valence-corrected chi connectivity index (χ2v) is 8.40. The van der Waals surface area contributed by atoms with Gasteiger partial charge in [0.2, 0.25) is 5.91 Å². The number of likely N-dealkylation sites (tertiary alicyclic amines) is 1. The lowest BCUT2D eigenvalue weighted by Gasteiger charge is -2.36. The number of rotatable bonds is 7. The molecule has 1 unspecified atom stereocenters. The molecule has 0 spiro atoms. The molecule has 1 amide bonds. The first-order valence-electron chi connectivity index (χ1n) is 10.7. The van der Waals surface area contributed by atoms with Gasteiger partial charge in [0, 0.05) is 24.2 Å². The fourth-order valence-corrected chi connectivity index (χ4v) is 4.42. The molecule has 2 aliphatic rings. The number of nitrogens with one attached hydrogen (secondary N) is 1. The summed E-state index contributed by atoms with van der Waals surface area (Å²) < 4.78 is 5.62. The van der Waals surface area contributed by atoms with E-state index in [1.54, 1.807) is 7.11 Å². The molecule has 1 atom stereocenters. The van der Waals surface area contributed by atoms with Crippen LogP contribution in [0, 0.1) is 18.8 Å². The number of aromatic nitrogens is 1. The van der Waals surface area contributed by atoms with Gasteiger partial charge >= 0.3 is 0 Å². The molecule has 1 N–H and O–H groups in total.